The van der Waals surface area contributed by atoms with Gasteiger partial charge >= 0.3 is 0 Å². The first-order valence-electron chi connectivity index (χ1n) is 7.76. The van der Waals surface area contributed by atoms with E-state index in [1.54, 1.807) is 17.4 Å². The summed E-state index contributed by atoms with van der Waals surface area (Å²) in [6, 6.07) is 7.35. The average Bonchev–Trinajstić information content (AvgIpc) is 3.19. The molecule has 4 aromatic rings. The Bertz CT molecular complexity index is 1110. The first-order valence-corrected chi connectivity index (χ1v) is 9.94. The molecule has 0 amide bonds. The first kappa shape index (κ1) is 17.3. The van der Waals surface area contributed by atoms with Crippen LogP contribution < -0.4 is 5.73 Å². The second kappa shape index (κ2) is 6.86. The number of hydrogen-bond donors (Lipinski definition) is 1. The molecule has 3 aromatic heterocycles. The van der Waals surface area contributed by atoms with Gasteiger partial charge < -0.3 is 10.2 Å². The van der Waals surface area contributed by atoms with Gasteiger partial charge in [-0.15, -0.1) is 21.5 Å². The fourth-order valence-electron chi connectivity index (χ4n) is 2.51. The van der Waals surface area contributed by atoms with Crippen LogP contribution in [0.15, 0.2) is 33.8 Å². The van der Waals surface area contributed by atoms with Gasteiger partial charge in [0, 0.05) is 4.88 Å². The van der Waals surface area contributed by atoms with Gasteiger partial charge in [0.25, 0.3) is 0 Å². The van der Waals surface area contributed by atoms with Gasteiger partial charge in [-0.3, -0.25) is 0 Å². The fraction of sp³-hybridized carbons (Fsp3) is 0.176. The maximum absolute atomic E-state index is 6.16. The Kier molecular flexibility index (Phi) is 4.56. The quantitative estimate of drug-likeness (QED) is 0.383. The second-order valence-electron chi connectivity index (χ2n) is 5.62. The Balaban J connectivity index is 1.55. The predicted octanol–water partition coefficient (Wildman–Crippen LogP) is 4.89. The maximum Gasteiger partial charge on any atom is 0.249 e. The van der Waals surface area contributed by atoms with Crippen molar-refractivity contribution in [1.29, 1.82) is 0 Å². The molecule has 0 aliphatic rings. The number of halogens is 1. The molecule has 2 N–H and O–H groups in total. The van der Waals surface area contributed by atoms with E-state index in [1.165, 1.54) is 16.6 Å². The van der Waals surface area contributed by atoms with Crippen molar-refractivity contribution in [3.63, 3.8) is 0 Å². The molecule has 4 rings (SSSR count). The summed E-state index contributed by atoms with van der Waals surface area (Å²) in [5, 5.41) is 10.2. The highest BCUT2D eigenvalue weighted by atomic mass is 35.5. The Labute approximate surface area is 162 Å². The summed E-state index contributed by atoms with van der Waals surface area (Å²) in [5.74, 6) is 1.82. The number of aryl methyl sites for hydroxylation is 2. The number of rotatable bonds is 4. The lowest BCUT2D eigenvalue weighted by Crippen LogP contribution is -1.96. The molecule has 0 atom stereocenters. The molecule has 132 valence electrons. The number of nitrogen functional groups attached to an aromatic ring is 1. The SMILES string of the molecule is Cc1sc2nc(SCc3nnc(-c4ccccc4Cl)o3)nc(N)c2c1C. The summed E-state index contributed by atoms with van der Waals surface area (Å²) >= 11 is 9.19. The first-order chi connectivity index (χ1) is 12.5. The molecule has 0 fully saturated rings. The van der Waals surface area contributed by atoms with Crippen LogP contribution in [0.5, 0.6) is 0 Å². The van der Waals surface area contributed by atoms with Gasteiger partial charge in [-0.25, -0.2) is 9.97 Å². The third-order valence-corrected chi connectivity index (χ3v) is 6.19. The number of fused-ring (bicyclic) bond motifs is 1. The minimum Gasteiger partial charge on any atom is -0.420 e. The van der Waals surface area contributed by atoms with Gasteiger partial charge in [0.1, 0.15) is 10.6 Å². The summed E-state index contributed by atoms with van der Waals surface area (Å²) in [6.45, 7) is 4.10. The van der Waals surface area contributed by atoms with Crippen LogP contribution in [0, 0.1) is 13.8 Å². The number of thioether (sulfide) groups is 1. The Morgan fingerprint density at radius 2 is 2.00 bits per heavy atom. The lowest BCUT2D eigenvalue weighted by molar-refractivity contribution is 0.528. The molecule has 0 aliphatic heterocycles. The zero-order valence-corrected chi connectivity index (χ0v) is 16.4. The number of anilines is 1. The van der Waals surface area contributed by atoms with E-state index in [-0.39, 0.29) is 0 Å². The van der Waals surface area contributed by atoms with Gasteiger partial charge in [-0.1, -0.05) is 35.5 Å². The molecule has 0 radical (unpaired) electrons. The number of hydrogen-bond acceptors (Lipinski definition) is 8. The van der Waals surface area contributed by atoms with Crippen molar-refractivity contribution < 1.29 is 4.42 Å². The molecule has 0 spiro atoms. The molecule has 26 heavy (non-hydrogen) atoms. The predicted molar refractivity (Wildman–Crippen MR) is 106 cm³/mol. The van der Waals surface area contributed by atoms with Gasteiger partial charge in [-0.2, -0.15) is 0 Å². The van der Waals surface area contributed by atoms with E-state index in [2.05, 4.69) is 27.1 Å². The van der Waals surface area contributed by atoms with Crippen LogP contribution in [-0.2, 0) is 5.75 Å². The molecular formula is C17H14ClN5OS2. The molecule has 0 unspecified atom stereocenters. The maximum atomic E-state index is 6.16. The van der Waals surface area contributed by atoms with Crippen LogP contribution in [-0.4, -0.2) is 20.2 Å². The third-order valence-electron chi connectivity index (χ3n) is 3.93. The van der Waals surface area contributed by atoms with Crippen molar-refractivity contribution in [2.75, 3.05) is 5.73 Å². The van der Waals surface area contributed by atoms with E-state index in [0.717, 1.165) is 15.8 Å². The van der Waals surface area contributed by atoms with E-state index in [9.17, 15) is 0 Å². The highest BCUT2D eigenvalue weighted by molar-refractivity contribution is 7.98. The fourth-order valence-corrected chi connectivity index (χ4v) is 4.51. The molecule has 1 aromatic carbocycles. The molecule has 0 saturated heterocycles. The van der Waals surface area contributed by atoms with Crippen molar-refractivity contribution in [2.24, 2.45) is 0 Å². The van der Waals surface area contributed by atoms with Crippen LogP contribution in [0.1, 0.15) is 16.3 Å². The molecule has 3 heterocycles. The molecule has 6 nitrogen and oxygen atoms in total. The standard InChI is InChI=1S/C17H14ClN5OS2/c1-8-9(2)26-16-13(8)14(19)20-17(21-16)25-7-12-22-23-15(24-12)10-5-3-4-6-11(10)18/h3-6H,7H2,1-2H3,(H2,19,20,21). The minimum atomic E-state index is 0.395. The van der Waals surface area contributed by atoms with Crippen LogP contribution >= 0.6 is 34.7 Å². The van der Waals surface area contributed by atoms with Gasteiger partial charge in [0.15, 0.2) is 5.16 Å². The molecular weight excluding hydrogens is 390 g/mol. The largest absolute Gasteiger partial charge is 0.420 e. The Morgan fingerprint density at radius 1 is 1.19 bits per heavy atom. The lowest BCUT2D eigenvalue weighted by atomic mass is 10.2. The highest BCUT2D eigenvalue weighted by Gasteiger charge is 2.15. The zero-order chi connectivity index (χ0) is 18.3. The number of aromatic nitrogens is 4. The zero-order valence-electron chi connectivity index (χ0n) is 14.0. The second-order valence-corrected chi connectivity index (χ2v) is 8.18. The highest BCUT2D eigenvalue weighted by Crippen LogP contribution is 2.34. The van der Waals surface area contributed by atoms with E-state index < -0.39 is 0 Å². The summed E-state index contributed by atoms with van der Waals surface area (Å²) in [6.07, 6.45) is 0. The van der Waals surface area contributed by atoms with E-state index in [4.69, 9.17) is 21.8 Å². The Hall–Kier alpha value is -2.16. The lowest BCUT2D eigenvalue weighted by Gasteiger charge is -2.01. The number of benzene rings is 1. The number of nitrogens with two attached hydrogens (primary N) is 1. The monoisotopic (exact) mass is 403 g/mol. The van der Waals surface area contributed by atoms with Crippen molar-refractivity contribution in [1.82, 2.24) is 20.2 Å². The van der Waals surface area contributed by atoms with Crippen molar-refractivity contribution >= 4 is 50.7 Å². The summed E-state index contributed by atoms with van der Waals surface area (Å²) in [4.78, 5) is 11.1. The van der Waals surface area contributed by atoms with Crippen LogP contribution in [0.3, 0.4) is 0 Å². The van der Waals surface area contributed by atoms with Crippen LogP contribution in [0.4, 0.5) is 5.82 Å². The molecule has 0 aliphatic carbocycles. The molecule has 0 saturated carbocycles. The van der Waals surface area contributed by atoms with Crippen LogP contribution in [0.25, 0.3) is 21.7 Å². The number of nitrogens with zero attached hydrogens (tertiary/aromatic N) is 4. The van der Waals surface area contributed by atoms with Gasteiger partial charge in [0.2, 0.25) is 11.8 Å². The Morgan fingerprint density at radius 3 is 2.81 bits per heavy atom. The average molecular weight is 404 g/mol. The van der Waals surface area contributed by atoms with Crippen LogP contribution in [0.2, 0.25) is 5.02 Å². The van der Waals surface area contributed by atoms with Crippen molar-refractivity contribution in [3.8, 4) is 11.5 Å². The summed E-state index contributed by atoms with van der Waals surface area (Å²) in [7, 11) is 0. The molecule has 9 heteroatoms. The topological polar surface area (TPSA) is 90.7 Å². The summed E-state index contributed by atoms with van der Waals surface area (Å²) in [5.41, 5.74) is 7.96. The summed E-state index contributed by atoms with van der Waals surface area (Å²) < 4.78 is 5.70. The normalized spacial score (nSPS) is 11.3. The van der Waals surface area contributed by atoms with Gasteiger partial charge in [-0.05, 0) is 31.5 Å². The number of thiophene rings is 1. The molecule has 0 bridgehead atoms. The minimum absolute atomic E-state index is 0.395. The van der Waals surface area contributed by atoms with Crippen molar-refractivity contribution in [2.45, 2.75) is 24.8 Å². The smallest absolute Gasteiger partial charge is 0.249 e. The van der Waals surface area contributed by atoms with Crippen molar-refractivity contribution in [3.05, 3.63) is 45.6 Å². The van der Waals surface area contributed by atoms with E-state index >= 15 is 0 Å². The van der Waals surface area contributed by atoms with E-state index in [1.807, 2.05) is 25.1 Å². The van der Waals surface area contributed by atoms with E-state index in [0.29, 0.717) is 39.1 Å². The third kappa shape index (κ3) is 3.15. The van der Waals surface area contributed by atoms with Gasteiger partial charge in [0.05, 0.1) is 21.7 Å².